The zero-order valence-electron chi connectivity index (χ0n) is 7.97. The van der Waals surface area contributed by atoms with Crippen molar-refractivity contribution in [1.82, 2.24) is 10.2 Å². The zero-order chi connectivity index (χ0) is 10.5. The number of H-pyrrole nitrogens is 1. The van der Waals surface area contributed by atoms with Crippen LogP contribution in [0.3, 0.4) is 0 Å². The number of benzene rings is 1. The number of aromatic nitrogens is 2. The van der Waals surface area contributed by atoms with Gasteiger partial charge >= 0.3 is 0 Å². The van der Waals surface area contributed by atoms with E-state index in [1.807, 2.05) is 36.4 Å². The van der Waals surface area contributed by atoms with Crippen molar-refractivity contribution in [2.24, 2.45) is 0 Å². The number of hydrogen-bond acceptors (Lipinski definition) is 3. The van der Waals surface area contributed by atoms with Crippen molar-refractivity contribution in [2.45, 2.75) is 6.61 Å². The third-order valence-electron chi connectivity index (χ3n) is 1.94. The van der Waals surface area contributed by atoms with Gasteiger partial charge in [0.25, 0.3) is 5.88 Å². The molecular formula is C11H9N3O. The average molecular weight is 199 g/mol. The summed E-state index contributed by atoms with van der Waals surface area (Å²) in [5.74, 6) is 0.348. The van der Waals surface area contributed by atoms with Crippen molar-refractivity contribution in [2.75, 3.05) is 0 Å². The third-order valence-corrected chi connectivity index (χ3v) is 1.94. The number of hydrogen-bond donors (Lipinski definition) is 1. The SMILES string of the molecule is N#Cc1c[nH]nc1OCc1ccccc1. The molecule has 0 saturated carbocycles. The van der Waals surface area contributed by atoms with Crippen molar-refractivity contribution < 1.29 is 4.74 Å². The molecule has 74 valence electrons. The molecule has 1 aromatic heterocycles. The van der Waals surface area contributed by atoms with Crippen LogP contribution in [0.2, 0.25) is 0 Å². The lowest BCUT2D eigenvalue weighted by Crippen LogP contribution is -1.96. The lowest BCUT2D eigenvalue weighted by Gasteiger charge is -2.02. The molecule has 1 aromatic carbocycles. The van der Waals surface area contributed by atoms with Crippen LogP contribution in [0.15, 0.2) is 36.5 Å². The Bertz CT molecular complexity index is 470. The predicted octanol–water partition coefficient (Wildman–Crippen LogP) is 1.86. The van der Waals surface area contributed by atoms with Crippen LogP contribution in [0, 0.1) is 11.3 Å². The highest BCUT2D eigenvalue weighted by Gasteiger charge is 2.05. The Morgan fingerprint density at radius 1 is 1.33 bits per heavy atom. The molecule has 4 heteroatoms. The lowest BCUT2D eigenvalue weighted by molar-refractivity contribution is 0.292. The lowest BCUT2D eigenvalue weighted by atomic mass is 10.2. The molecule has 0 saturated heterocycles. The molecule has 1 N–H and O–H groups in total. The quantitative estimate of drug-likeness (QED) is 0.820. The predicted molar refractivity (Wildman–Crippen MR) is 54.1 cm³/mol. The van der Waals surface area contributed by atoms with Crippen LogP contribution < -0.4 is 4.74 Å². The highest BCUT2D eigenvalue weighted by Crippen LogP contribution is 2.13. The number of nitrogens with one attached hydrogen (secondary N) is 1. The molecule has 0 aliphatic rings. The minimum atomic E-state index is 0.348. The summed E-state index contributed by atoms with van der Waals surface area (Å²) < 4.78 is 5.39. The van der Waals surface area contributed by atoms with Crippen LogP contribution in [-0.2, 0) is 6.61 Å². The summed E-state index contributed by atoms with van der Waals surface area (Å²) in [5, 5.41) is 15.1. The summed E-state index contributed by atoms with van der Waals surface area (Å²) in [6.45, 7) is 0.417. The summed E-state index contributed by atoms with van der Waals surface area (Å²) in [7, 11) is 0. The normalized spacial score (nSPS) is 9.53. The highest BCUT2D eigenvalue weighted by molar-refractivity contribution is 5.35. The molecule has 4 nitrogen and oxygen atoms in total. The molecule has 1 heterocycles. The van der Waals surface area contributed by atoms with Crippen molar-refractivity contribution >= 4 is 0 Å². The van der Waals surface area contributed by atoms with Crippen molar-refractivity contribution in [3.05, 3.63) is 47.7 Å². The van der Waals surface area contributed by atoms with Gasteiger partial charge in [-0.05, 0) is 5.56 Å². The van der Waals surface area contributed by atoms with E-state index in [1.54, 1.807) is 0 Å². The Hall–Kier alpha value is -2.28. The van der Waals surface area contributed by atoms with E-state index in [1.165, 1.54) is 6.20 Å². The van der Waals surface area contributed by atoms with Gasteiger partial charge in [0.05, 0.1) is 0 Å². The van der Waals surface area contributed by atoms with Gasteiger partial charge in [-0.25, -0.2) is 0 Å². The second kappa shape index (κ2) is 4.29. The molecule has 2 rings (SSSR count). The number of nitriles is 1. The fraction of sp³-hybridized carbons (Fsp3) is 0.0909. The van der Waals surface area contributed by atoms with Gasteiger partial charge in [0.15, 0.2) is 0 Å². The van der Waals surface area contributed by atoms with Crippen LogP contribution in [0.1, 0.15) is 11.1 Å². The summed E-state index contributed by atoms with van der Waals surface area (Å²) in [6.07, 6.45) is 1.51. The molecule has 0 atom stereocenters. The highest BCUT2D eigenvalue weighted by atomic mass is 16.5. The molecular weight excluding hydrogens is 190 g/mol. The smallest absolute Gasteiger partial charge is 0.251 e. The third kappa shape index (κ3) is 2.15. The molecule has 0 aliphatic carbocycles. The van der Waals surface area contributed by atoms with Crippen LogP contribution in [0.4, 0.5) is 0 Å². The maximum absolute atomic E-state index is 8.71. The van der Waals surface area contributed by atoms with Crippen molar-refractivity contribution in [3.63, 3.8) is 0 Å². The van der Waals surface area contributed by atoms with Crippen LogP contribution in [-0.4, -0.2) is 10.2 Å². The van der Waals surface area contributed by atoms with E-state index in [4.69, 9.17) is 10.00 Å². The van der Waals surface area contributed by atoms with Gasteiger partial charge in [-0.3, -0.25) is 5.10 Å². The first kappa shape index (κ1) is 9.28. The van der Waals surface area contributed by atoms with Crippen LogP contribution in [0.5, 0.6) is 5.88 Å². The summed E-state index contributed by atoms with van der Waals surface area (Å²) in [4.78, 5) is 0. The number of ether oxygens (including phenoxy) is 1. The van der Waals surface area contributed by atoms with E-state index in [9.17, 15) is 0 Å². The number of rotatable bonds is 3. The molecule has 15 heavy (non-hydrogen) atoms. The first-order chi connectivity index (χ1) is 7.40. The maximum atomic E-state index is 8.71. The molecule has 0 bridgehead atoms. The van der Waals surface area contributed by atoms with E-state index in [2.05, 4.69) is 10.2 Å². The molecule has 2 aromatic rings. The van der Waals surface area contributed by atoms with Crippen LogP contribution in [0.25, 0.3) is 0 Å². The number of nitrogens with zero attached hydrogens (tertiary/aromatic N) is 2. The first-order valence-corrected chi connectivity index (χ1v) is 4.51. The van der Waals surface area contributed by atoms with Gasteiger partial charge in [0.2, 0.25) is 0 Å². The Labute approximate surface area is 87.1 Å². The monoisotopic (exact) mass is 199 g/mol. The Morgan fingerprint density at radius 3 is 2.87 bits per heavy atom. The van der Waals surface area contributed by atoms with Gasteiger partial charge in [-0.2, -0.15) is 5.26 Å². The Morgan fingerprint density at radius 2 is 2.13 bits per heavy atom. The first-order valence-electron chi connectivity index (χ1n) is 4.51. The molecule has 0 unspecified atom stereocenters. The van der Waals surface area contributed by atoms with Gasteiger partial charge in [-0.1, -0.05) is 30.3 Å². The van der Waals surface area contributed by atoms with E-state index >= 15 is 0 Å². The summed E-state index contributed by atoms with van der Waals surface area (Å²) in [6, 6.07) is 11.7. The second-order valence-electron chi connectivity index (χ2n) is 2.99. The Balaban J connectivity index is 2.03. The van der Waals surface area contributed by atoms with E-state index in [0.29, 0.717) is 18.1 Å². The minimum absolute atomic E-state index is 0.348. The largest absolute Gasteiger partial charge is 0.471 e. The molecule has 0 spiro atoms. The second-order valence-corrected chi connectivity index (χ2v) is 2.99. The van der Waals surface area contributed by atoms with E-state index in [0.717, 1.165) is 5.56 Å². The maximum Gasteiger partial charge on any atom is 0.251 e. The Kier molecular flexibility index (Phi) is 2.65. The molecule has 0 radical (unpaired) electrons. The topological polar surface area (TPSA) is 61.7 Å². The summed E-state index contributed by atoms with van der Waals surface area (Å²) in [5.41, 5.74) is 1.47. The van der Waals surface area contributed by atoms with E-state index in [-0.39, 0.29) is 0 Å². The summed E-state index contributed by atoms with van der Waals surface area (Å²) >= 11 is 0. The fourth-order valence-corrected chi connectivity index (χ4v) is 1.19. The van der Waals surface area contributed by atoms with Gasteiger partial charge < -0.3 is 4.74 Å². The van der Waals surface area contributed by atoms with Crippen molar-refractivity contribution in [3.8, 4) is 11.9 Å². The van der Waals surface area contributed by atoms with Gasteiger partial charge in [0.1, 0.15) is 18.2 Å². The van der Waals surface area contributed by atoms with Gasteiger partial charge in [0, 0.05) is 6.20 Å². The fourth-order valence-electron chi connectivity index (χ4n) is 1.19. The standard InChI is InChI=1S/C11H9N3O/c12-6-10-7-13-14-11(10)15-8-9-4-2-1-3-5-9/h1-5,7H,8H2,(H,13,14). The van der Waals surface area contributed by atoms with Crippen molar-refractivity contribution in [1.29, 1.82) is 5.26 Å². The molecule has 0 amide bonds. The van der Waals surface area contributed by atoms with Gasteiger partial charge in [-0.15, -0.1) is 5.10 Å². The molecule has 0 aliphatic heterocycles. The zero-order valence-corrected chi connectivity index (χ0v) is 7.97. The number of aromatic amines is 1. The van der Waals surface area contributed by atoms with Crippen LogP contribution >= 0.6 is 0 Å². The molecule has 0 fully saturated rings. The minimum Gasteiger partial charge on any atom is -0.471 e. The average Bonchev–Trinajstić information content (AvgIpc) is 2.75. The van der Waals surface area contributed by atoms with E-state index < -0.39 is 0 Å².